The SMILES string of the molecule is COc1ccc(-c2oc3cc(OC)c(OC)c(O)c3c(=O)c2OC)c(O)c1O. The maximum Gasteiger partial charge on any atom is 0.239 e. The van der Waals surface area contributed by atoms with Crippen LogP contribution in [0.5, 0.6) is 40.2 Å². The fourth-order valence-corrected chi connectivity index (χ4v) is 2.90. The third-order valence-corrected chi connectivity index (χ3v) is 4.24. The second kappa shape index (κ2) is 7.10. The van der Waals surface area contributed by atoms with Gasteiger partial charge in [-0.15, -0.1) is 0 Å². The standard InChI is InChI=1S/C19H18O9/c1-24-9-6-5-8(13(20)14(9)21)17-19(27-4)16(23)12-10(28-17)7-11(25-2)18(26-3)15(12)22/h5-7,20-22H,1-4H3. The Hall–Kier alpha value is -3.75. The average Bonchev–Trinajstić information content (AvgIpc) is 2.69. The number of phenols is 3. The van der Waals surface area contributed by atoms with E-state index in [4.69, 9.17) is 23.4 Å². The van der Waals surface area contributed by atoms with Gasteiger partial charge in [0.25, 0.3) is 0 Å². The minimum atomic E-state index is -0.702. The van der Waals surface area contributed by atoms with Gasteiger partial charge in [0.1, 0.15) is 11.0 Å². The van der Waals surface area contributed by atoms with Gasteiger partial charge in [-0.05, 0) is 12.1 Å². The van der Waals surface area contributed by atoms with Crippen molar-refractivity contribution < 1.29 is 38.7 Å². The van der Waals surface area contributed by atoms with Crippen molar-refractivity contribution in [1.29, 1.82) is 0 Å². The Kier molecular flexibility index (Phi) is 4.83. The summed E-state index contributed by atoms with van der Waals surface area (Å²) in [6.07, 6.45) is 0. The van der Waals surface area contributed by atoms with Gasteiger partial charge in [0.2, 0.25) is 22.7 Å². The van der Waals surface area contributed by atoms with Gasteiger partial charge in [0.05, 0.1) is 34.0 Å². The Balaban J connectivity index is 2.43. The highest BCUT2D eigenvalue weighted by Crippen LogP contribution is 2.47. The molecule has 0 fully saturated rings. The van der Waals surface area contributed by atoms with Gasteiger partial charge >= 0.3 is 0 Å². The molecule has 9 heteroatoms. The molecule has 0 atom stereocenters. The van der Waals surface area contributed by atoms with Crippen LogP contribution in [0.4, 0.5) is 0 Å². The van der Waals surface area contributed by atoms with Gasteiger partial charge in [0.15, 0.2) is 28.8 Å². The van der Waals surface area contributed by atoms with Crippen molar-refractivity contribution in [1.82, 2.24) is 0 Å². The van der Waals surface area contributed by atoms with E-state index < -0.39 is 22.7 Å². The molecule has 1 heterocycles. The Bertz CT molecular complexity index is 1120. The molecule has 0 aliphatic rings. The third kappa shape index (κ3) is 2.68. The molecule has 0 saturated heterocycles. The molecular weight excluding hydrogens is 372 g/mol. The van der Waals surface area contributed by atoms with E-state index in [0.29, 0.717) is 0 Å². The second-order valence-corrected chi connectivity index (χ2v) is 5.64. The summed E-state index contributed by atoms with van der Waals surface area (Å²) in [6.45, 7) is 0. The number of rotatable bonds is 5. The van der Waals surface area contributed by atoms with Gasteiger partial charge in [-0.1, -0.05) is 0 Å². The highest BCUT2D eigenvalue weighted by atomic mass is 16.5. The lowest BCUT2D eigenvalue weighted by atomic mass is 10.1. The first-order valence-corrected chi connectivity index (χ1v) is 7.97. The molecule has 0 bridgehead atoms. The van der Waals surface area contributed by atoms with Crippen molar-refractivity contribution in [2.24, 2.45) is 0 Å². The molecule has 0 saturated carbocycles. The molecule has 0 amide bonds. The average molecular weight is 390 g/mol. The van der Waals surface area contributed by atoms with Crippen molar-refractivity contribution in [3.63, 3.8) is 0 Å². The minimum absolute atomic E-state index is 0.0107. The molecule has 3 rings (SSSR count). The first kappa shape index (κ1) is 19.0. The smallest absolute Gasteiger partial charge is 0.239 e. The maximum absolute atomic E-state index is 13.0. The van der Waals surface area contributed by atoms with Gasteiger partial charge in [-0.3, -0.25) is 4.79 Å². The molecule has 0 unspecified atom stereocenters. The van der Waals surface area contributed by atoms with Gasteiger partial charge in [-0.2, -0.15) is 0 Å². The van der Waals surface area contributed by atoms with E-state index in [1.807, 2.05) is 0 Å². The van der Waals surface area contributed by atoms with Crippen LogP contribution < -0.4 is 24.4 Å². The quantitative estimate of drug-likeness (QED) is 0.563. The molecule has 0 aliphatic carbocycles. The number of aromatic hydroxyl groups is 3. The zero-order valence-electron chi connectivity index (χ0n) is 15.5. The van der Waals surface area contributed by atoms with Crippen LogP contribution >= 0.6 is 0 Å². The largest absolute Gasteiger partial charge is 0.504 e. The van der Waals surface area contributed by atoms with Crippen molar-refractivity contribution in [2.75, 3.05) is 28.4 Å². The maximum atomic E-state index is 13.0. The number of hydrogen-bond donors (Lipinski definition) is 3. The zero-order valence-corrected chi connectivity index (χ0v) is 15.5. The highest BCUT2D eigenvalue weighted by molar-refractivity contribution is 5.92. The summed E-state index contributed by atoms with van der Waals surface area (Å²) < 4.78 is 26.1. The van der Waals surface area contributed by atoms with E-state index in [2.05, 4.69) is 0 Å². The van der Waals surface area contributed by atoms with Crippen molar-refractivity contribution >= 4 is 11.0 Å². The molecule has 0 radical (unpaired) electrons. The molecule has 9 nitrogen and oxygen atoms in total. The van der Waals surface area contributed by atoms with Crippen LogP contribution in [-0.2, 0) is 0 Å². The lowest BCUT2D eigenvalue weighted by Gasteiger charge is -2.15. The monoisotopic (exact) mass is 390 g/mol. The molecule has 3 aromatic rings. The van der Waals surface area contributed by atoms with E-state index in [0.717, 1.165) is 0 Å². The summed E-state index contributed by atoms with van der Waals surface area (Å²) in [5, 5.41) is 30.7. The zero-order chi connectivity index (χ0) is 20.6. The summed E-state index contributed by atoms with van der Waals surface area (Å²) in [7, 11) is 5.24. The van der Waals surface area contributed by atoms with Crippen molar-refractivity contribution in [3.8, 4) is 51.6 Å². The molecule has 28 heavy (non-hydrogen) atoms. The van der Waals surface area contributed by atoms with Gasteiger partial charge in [0, 0.05) is 6.07 Å². The Labute approximate surface area is 158 Å². The van der Waals surface area contributed by atoms with E-state index in [9.17, 15) is 20.1 Å². The highest BCUT2D eigenvalue weighted by Gasteiger charge is 2.26. The molecule has 0 spiro atoms. The summed E-state index contributed by atoms with van der Waals surface area (Å²) in [4.78, 5) is 13.0. The first-order chi connectivity index (χ1) is 13.4. The van der Waals surface area contributed by atoms with E-state index in [1.54, 1.807) is 0 Å². The normalized spacial score (nSPS) is 10.7. The van der Waals surface area contributed by atoms with E-state index >= 15 is 0 Å². The number of hydrogen-bond acceptors (Lipinski definition) is 9. The number of fused-ring (bicyclic) bond motifs is 1. The van der Waals surface area contributed by atoms with Crippen LogP contribution in [0.2, 0.25) is 0 Å². The lowest BCUT2D eigenvalue weighted by molar-refractivity contribution is 0.334. The fourth-order valence-electron chi connectivity index (χ4n) is 2.90. The predicted octanol–water partition coefficient (Wildman–Crippen LogP) is 2.61. The third-order valence-electron chi connectivity index (χ3n) is 4.24. The number of phenolic OH excluding ortho intramolecular Hbond substituents is 3. The Morgan fingerprint density at radius 2 is 1.43 bits per heavy atom. The lowest BCUT2D eigenvalue weighted by Crippen LogP contribution is -2.08. The summed E-state index contributed by atoms with van der Waals surface area (Å²) in [5.41, 5.74) is -0.749. The van der Waals surface area contributed by atoms with Crippen molar-refractivity contribution in [3.05, 3.63) is 28.4 Å². The topological polar surface area (TPSA) is 128 Å². The van der Waals surface area contributed by atoms with Crippen LogP contribution in [0.25, 0.3) is 22.3 Å². The fraction of sp³-hybridized carbons (Fsp3) is 0.211. The van der Waals surface area contributed by atoms with Gasteiger partial charge < -0.3 is 38.7 Å². The second-order valence-electron chi connectivity index (χ2n) is 5.64. The summed E-state index contributed by atoms with van der Waals surface area (Å²) in [6, 6.07) is 4.14. The number of methoxy groups -OCH3 is 4. The minimum Gasteiger partial charge on any atom is -0.504 e. The van der Waals surface area contributed by atoms with Crippen LogP contribution in [0.1, 0.15) is 0 Å². The molecule has 1 aromatic heterocycles. The van der Waals surface area contributed by atoms with Crippen LogP contribution in [0, 0.1) is 0 Å². The Morgan fingerprint density at radius 3 is 2.00 bits per heavy atom. The van der Waals surface area contributed by atoms with Gasteiger partial charge in [-0.25, -0.2) is 0 Å². The molecule has 0 aliphatic heterocycles. The Morgan fingerprint density at radius 1 is 0.786 bits per heavy atom. The molecule has 148 valence electrons. The summed E-state index contributed by atoms with van der Waals surface area (Å²) in [5.74, 6) is -1.87. The van der Waals surface area contributed by atoms with E-state index in [-0.39, 0.29) is 45.3 Å². The van der Waals surface area contributed by atoms with Crippen molar-refractivity contribution in [2.45, 2.75) is 0 Å². The molecule has 2 aromatic carbocycles. The van der Waals surface area contributed by atoms with E-state index in [1.165, 1.54) is 46.6 Å². The number of ether oxygens (including phenoxy) is 4. The van der Waals surface area contributed by atoms with Crippen LogP contribution in [-0.4, -0.2) is 43.8 Å². The summed E-state index contributed by atoms with van der Waals surface area (Å²) >= 11 is 0. The molecule has 3 N–H and O–H groups in total. The van der Waals surface area contributed by atoms with Crippen LogP contribution in [0.3, 0.4) is 0 Å². The van der Waals surface area contributed by atoms with Crippen LogP contribution in [0.15, 0.2) is 27.4 Å². The predicted molar refractivity (Wildman–Crippen MR) is 99.1 cm³/mol. The first-order valence-electron chi connectivity index (χ1n) is 7.97. The number of benzene rings is 2. The molecular formula is C19H18O9.